The molecule has 0 saturated heterocycles. The van der Waals surface area contributed by atoms with E-state index < -0.39 is 23.4 Å². The molecule has 5 nitrogen and oxygen atoms in total. The van der Waals surface area contributed by atoms with Crippen LogP contribution in [0.3, 0.4) is 0 Å². The Morgan fingerprint density at radius 2 is 1.93 bits per heavy atom. The van der Waals surface area contributed by atoms with E-state index in [4.69, 9.17) is 4.42 Å². The summed E-state index contributed by atoms with van der Waals surface area (Å²) in [6.45, 7) is 1.41. The second-order valence-corrected chi connectivity index (χ2v) is 8.34. The number of carboxylic acids is 1. The Balaban J connectivity index is 1.73. The van der Waals surface area contributed by atoms with Crippen molar-refractivity contribution in [2.24, 2.45) is 0 Å². The lowest BCUT2D eigenvalue weighted by Gasteiger charge is -2.07. The minimum absolute atomic E-state index is 0.0204. The van der Waals surface area contributed by atoms with Crippen molar-refractivity contribution in [3.63, 3.8) is 0 Å². The minimum atomic E-state index is -1.34. The number of halogens is 3. The Kier molecular flexibility index (Phi) is 5.25. The molecule has 152 valence electrons. The molecule has 0 spiro atoms. The number of aryl methyl sites for hydroxylation is 1. The number of ketones is 1. The first kappa shape index (κ1) is 20.4. The van der Waals surface area contributed by atoms with Crippen LogP contribution in [0.1, 0.15) is 31.5 Å². The Hall–Kier alpha value is -2.91. The molecular weight excluding hydrogens is 480 g/mol. The number of para-hydroxylation sites is 1. The van der Waals surface area contributed by atoms with Crippen LogP contribution in [-0.4, -0.2) is 21.8 Å². The predicted molar refractivity (Wildman–Crippen MR) is 111 cm³/mol. The lowest BCUT2D eigenvalue weighted by atomic mass is 9.99. The van der Waals surface area contributed by atoms with Gasteiger partial charge in [0.25, 0.3) is 5.89 Å². The van der Waals surface area contributed by atoms with Gasteiger partial charge in [0.1, 0.15) is 5.52 Å². The van der Waals surface area contributed by atoms with Crippen molar-refractivity contribution in [2.75, 3.05) is 0 Å². The highest BCUT2D eigenvalue weighted by atomic mass is 79.9. The van der Waals surface area contributed by atoms with Gasteiger partial charge in [-0.25, -0.2) is 18.6 Å². The second-order valence-electron chi connectivity index (χ2n) is 6.52. The van der Waals surface area contributed by atoms with Gasteiger partial charge in [-0.05, 0) is 45.9 Å². The van der Waals surface area contributed by atoms with Crippen LogP contribution in [-0.2, 0) is 6.42 Å². The predicted octanol–water partition coefficient (Wildman–Crippen LogP) is 6.03. The van der Waals surface area contributed by atoms with Crippen LogP contribution in [0.4, 0.5) is 8.78 Å². The molecule has 2 aromatic heterocycles. The molecule has 4 rings (SSSR count). The van der Waals surface area contributed by atoms with Crippen molar-refractivity contribution in [3.05, 3.63) is 73.7 Å². The van der Waals surface area contributed by atoms with E-state index in [1.54, 1.807) is 18.2 Å². The zero-order chi connectivity index (χ0) is 21.6. The zero-order valence-electron chi connectivity index (χ0n) is 15.3. The van der Waals surface area contributed by atoms with Crippen molar-refractivity contribution in [1.82, 2.24) is 4.98 Å². The molecule has 0 fully saturated rings. The van der Waals surface area contributed by atoms with Crippen molar-refractivity contribution in [2.45, 2.75) is 13.3 Å². The Bertz CT molecular complexity index is 1330. The average Bonchev–Trinajstić information content (AvgIpc) is 3.31. The summed E-state index contributed by atoms with van der Waals surface area (Å²) in [6, 6.07) is 7.86. The number of Topliss-reactive ketones (excluding diaryl/α,β-unsaturated/α-hetero) is 1. The fourth-order valence-corrected chi connectivity index (χ4v) is 4.54. The summed E-state index contributed by atoms with van der Waals surface area (Å²) in [5.74, 6) is -4.18. The summed E-state index contributed by atoms with van der Waals surface area (Å²) >= 11 is 4.30. The number of benzene rings is 2. The van der Waals surface area contributed by atoms with Crippen molar-refractivity contribution in [1.29, 1.82) is 0 Å². The molecule has 30 heavy (non-hydrogen) atoms. The molecule has 0 amide bonds. The largest absolute Gasteiger partial charge is 0.478 e. The third kappa shape index (κ3) is 3.44. The van der Waals surface area contributed by atoms with Crippen LogP contribution in [0.2, 0.25) is 0 Å². The molecule has 0 aliphatic carbocycles. The molecule has 9 heteroatoms. The number of fused-ring (bicyclic) bond motifs is 1. The molecule has 1 N–H and O–H groups in total. The fraction of sp³-hybridized carbons (Fsp3) is 0.0952. The van der Waals surface area contributed by atoms with Crippen LogP contribution in [0.15, 0.2) is 44.6 Å². The maximum Gasteiger partial charge on any atom is 0.337 e. The molecule has 2 heterocycles. The third-order valence-electron chi connectivity index (χ3n) is 4.57. The Morgan fingerprint density at radius 3 is 2.63 bits per heavy atom. The highest BCUT2D eigenvalue weighted by Gasteiger charge is 2.26. The normalized spacial score (nSPS) is 11.2. The van der Waals surface area contributed by atoms with Crippen molar-refractivity contribution >= 4 is 50.1 Å². The second kappa shape index (κ2) is 7.73. The van der Waals surface area contributed by atoms with E-state index in [-0.39, 0.29) is 39.4 Å². The third-order valence-corrected chi connectivity index (χ3v) is 6.18. The molecule has 0 radical (unpaired) electrons. The molecule has 0 aliphatic rings. The topological polar surface area (TPSA) is 80.4 Å². The number of carboxylic acid groups (broad SMARTS) is 1. The van der Waals surface area contributed by atoms with Gasteiger partial charge in [-0.15, -0.1) is 11.3 Å². The highest BCUT2D eigenvalue weighted by Crippen LogP contribution is 2.35. The van der Waals surface area contributed by atoms with Crippen molar-refractivity contribution < 1.29 is 27.9 Å². The van der Waals surface area contributed by atoms with E-state index in [0.29, 0.717) is 15.6 Å². The zero-order valence-corrected chi connectivity index (χ0v) is 17.7. The quantitative estimate of drug-likeness (QED) is 0.344. The standard InChI is InChI=1S/C21H12BrF2NO4S/c1-9-5-6-10(18(24)17(9)23)11-8-30-15(16(11)21(27)28)7-14(26)20-25-13-4-2-3-12(22)19(13)29-20/h2-6,8H,7H2,1H3,(H,27,28). The molecule has 0 aliphatic heterocycles. The van der Waals surface area contributed by atoms with Crippen LogP contribution in [0.5, 0.6) is 0 Å². The molecular formula is C21H12BrF2NO4S. The maximum atomic E-state index is 14.4. The molecule has 0 unspecified atom stereocenters. The van der Waals surface area contributed by atoms with E-state index in [1.165, 1.54) is 24.4 Å². The summed E-state index contributed by atoms with van der Waals surface area (Å²) in [5.41, 5.74) is 0.607. The van der Waals surface area contributed by atoms with Crippen LogP contribution >= 0.6 is 27.3 Å². The van der Waals surface area contributed by atoms with Gasteiger partial charge in [-0.2, -0.15) is 0 Å². The number of hydrogen-bond acceptors (Lipinski definition) is 5. The van der Waals surface area contributed by atoms with E-state index in [1.807, 2.05) is 0 Å². The van der Waals surface area contributed by atoms with Crippen LogP contribution in [0.25, 0.3) is 22.2 Å². The lowest BCUT2D eigenvalue weighted by Crippen LogP contribution is -2.08. The first-order valence-corrected chi connectivity index (χ1v) is 10.3. The first-order chi connectivity index (χ1) is 14.3. The van der Waals surface area contributed by atoms with E-state index in [2.05, 4.69) is 20.9 Å². The van der Waals surface area contributed by atoms with Gasteiger partial charge in [-0.3, -0.25) is 4.79 Å². The van der Waals surface area contributed by atoms with Gasteiger partial charge in [0.2, 0.25) is 5.78 Å². The number of carbonyl (C=O) groups is 2. The molecule has 0 atom stereocenters. The number of hydrogen-bond donors (Lipinski definition) is 1. The van der Waals surface area contributed by atoms with Crippen LogP contribution < -0.4 is 0 Å². The number of carbonyl (C=O) groups excluding carboxylic acids is 1. The SMILES string of the molecule is Cc1ccc(-c2csc(CC(=O)c3nc4cccc(Br)c4o3)c2C(=O)O)c(F)c1F. The molecule has 2 aromatic carbocycles. The summed E-state index contributed by atoms with van der Waals surface area (Å²) in [4.78, 5) is 28.9. The highest BCUT2D eigenvalue weighted by molar-refractivity contribution is 9.10. The monoisotopic (exact) mass is 491 g/mol. The van der Waals surface area contributed by atoms with Crippen molar-refractivity contribution in [3.8, 4) is 11.1 Å². The lowest BCUT2D eigenvalue weighted by molar-refractivity contribution is 0.0697. The Morgan fingerprint density at radius 1 is 1.17 bits per heavy atom. The summed E-state index contributed by atoms with van der Waals surface area (Å²) < 4.78 is 34.6. The number of aromatic nitrogens is 1. The summed E-state index contributed by atoms with van der Waals surface area (Å²) in [7, 11) is 0. The maximum absolute atomic E-state index is 14.4. The number of rotatable bonds is 5. The van der Waals surface area contributed by atoms with E-state index >= 15 is 0 Å². The molecule has 0 saturated carbocycles. The number of nitrogens with zero attached hydrogens (tertiary/aromatic N) is 1. The first-order valence-electron chi connectivity index (χ1n) is 8.64. The van der Waals surface area contributed by atoms with Gasteiger partial charge < -0.3 is 9.52 Å². The Labute approximate surface area is 181 Å². The van der Waals surface area contributed by atoms with E-state index in [0.717, 1.165) is 11.3 Å². The average molecular weight is 492 g/mol. The van der Waals surface area contributed by atoms with Crippen LogP contribution in [0, 0.1) is 18.6 Å². The summed E-state index contributed by atoms with van der Waals surface area (Å²) in [5, 5.41) is 11.1. The van der Waals surface area contributed by atoms with Gasteiger partial charge in [0, 0.05) is 16.0 Å². The van der Waals surface area contributed by atoms with Gasteiger partial charge in [-0.1, -0.05) is 18.2 Å². The van der Waals surface area contributed by atoms with Gasteiger partial charge >= 0.3 is 5.97 Å². The van der Waals surface area contributed by atoms with E-state index in [9.17, 15) is 23.5 Å². The smallest absolute Gasteiger partial charge is 0.337 e. The van der Waals surface area contributed by atoms with Gasteiger partial charge in [0.15, 0.2) is 17.2 Å². The molecule has 0 bridgehead atoms. The fourth-order valence-electron chi connectivity index (χ4n) is 3.07. The minimum Gasteiger partial charge on any atom is -0.478 e. The number of oxazole rings is 1. The number of aromatic carboxylic acids is 1. The molecule has 4 aromatic rings. The van der Waals surface area contributed by atoms with Gasteiger partial charge in [0.05, 0.1) is 16.5 Å². The summed E-state index contributed by atoms with van der Waals surface area (Å²) in [6.07, 6.45) is -0.299. The number of thiophene rings is 1.